The molecule has 2 aromatic heterocycles. The van der Waals surface area contributed by atoms with E-state index in [1.165, 1.54) is 12.1 Å². The lowest BCUT2D eigenvalue weighted by Crippen LogP contribution is -2.21. The highest BCUT2D eigenvalue weighted by atomic mass is 32.1. The summed E-state index contributed by atoms with van der Waals surface area (Å²) in [5.41, 5.74) is 0.383. The third-order valence-corrected chi connectivity index (χ3v) is 3.92. The quantitative estimate of drug-likeness (QED) is 0.730. The van der Waals surface area contributed by atoms with Gasteiger partial charge in [0.2, 0.25) is 0 Å². The van der Waals surface area contributed by atoms with Gasteiger partial charge in [-0.15, -0.1) is 0 Å². The van der Waals surface area contributed by atoms with Gasteiger partial charge >= 0.3 is 0 Å². The zero-order chi connectivity index (χ0) is 14.8. The summed E-state index contributed by atoms with van der Waals surface area (Å²) in [5, 5.41) is 11.5. The normalized spacial score (nSPS) is 14.0. The summed E-state index contributed by atoms with van der Waals surface area (Å²) in [6.07, 6.45) is 1.51. The van der Waals surface area contributed by atoms with Crippen molar-refractivity contribution in [2.75, 3.05) is 11.9 Å². The second kappa shape index (κ2) is 5.44. The van der Waals surface area contributed by atoms with Crippen LogP contribution in [0.1, 0.15) is 32.3 Å². The molecule has 9 heteroatoms. The van der Waals surface area contributed by atoms with Crippen LogP contribution in [0, 0.1) is 0 Å². The van der Waals surface area contributed by atoms with Crippen LogP contribution in [0.15, 0.2) is 16.9 Å². The number of nitrogens with zero attached hydrogens (tertiary/aromatic N) is 2. The molecule has 0 aromatic carbocycles. The Balaban J connectivity index is 1.81. The van der Waals surface area contributed by atoms with Gasteiger partial charge in [0, 0.05) is 12.6 Å². The number of carbonyl (C=O) groups excluding carboxylic acids is 2. The number of thiazole rings is 1. The molecule has 0 radical (unpaired) electrons. The number of aromatic amines is 1. The third kappa shape index (κ3) is 2.82. The maximum Gasteiger partial charge on any atom is 0.277 e. The minimum atomic E-state index is -0.490. The molecule has 3 N–H and O–H groups in total. The number of rotatable bonds is 2. The van der Waals surface area contributed by atoms with Gasteiger partial charge in [-0.1, -0.05) is 11.3 Å². The number of H-pyrrole nitrogens is 1. The maximum absolute atomic E-state index is 12.0. The number of hydrogen-bond acceptors (Lipinski definition) is 6. The molecule has 0 spiro atoms. The van der Waals surface area contributed by atoms with Crippen molar-refractivity contribution in [3.63, 3.8) is 0 Å². The molecule has 8 nitrogen and oxygen atoms in total. The Morgan fingerprint density at radius 3 is 2.95 bits per heavy atom. The zero-order valence-electron chi connectivity index (χ0n) is 10.8. The SMILES string of the molecule is O=C(Nc1nc2c(s1)C(=O)NCCC2)c1ccc(=O)[nH]n1. The molecule has 108 valence electrons. The summed E-state index contributed by atoms with van der Waals surface area (Å²) in [5.74, 6) is -0.654. The summed E-state index contributed by atoms with van der Waals surface area (Å²) in [6.45, 7) is 0.630. The van der Waals surface area contributed by atoms with Gasteiger partial charge in [-0.25, -0.2) is 10.1 Å². The van der Waals surface area contributed by atoms with Gasteiger partial charge in [0.15, 0.2) is 5.13 Å². The Morgan fingerprint density at radius 2 is 2.19 bits per heavy atom. The van der Waals surface area contributed by atoms with Crippen LogP contribution in [0.4, 0.5) is 5.13 Å². The Hall–Kier alpha value is -2.55. The van der Waals surface area contributed by atoms with E-state index in [1.54, 1.807) is 0 Å². The first-order valence-corrected chi connectivity index (χ1v) is 7.10. The number of hydrogen-bond donors (Lipinski definition) is 3. The van der Waals surface area contributed by atoms with Crippen molar-refractivity contribution in [3.8, 4) is 0 Å². The summed E-state index contributed by atoms with van der Waals surface area (Å²) < 4.78 is 0. The fourth-order valence-electron chi connectivity index (χ4n) is 1.92. The largest absolute Gasteiger partial charge is 0.351 e. The van der Waals surface area contributed by atoms with Crippen molar-refractivity contribution in [1.29, 1.82) is 0 Å². The predicted molar refractivity (Wildman–Crippen MR) is 75.6 cm³/mol. The van der Waals surface area contributed by atoms with Crippen LogP contribution in [-0.4, -0.2) is 33.5 Å². The van der Waals surface area contributed by atoms with Gasteiger partial charge in [-0.05, 0) is 18.9 Å². The van der Waals surface area contributed by atoms with Gasteiger partial charge in [0.05, 0.1) is 5.69 Å². The van der Waals surface area contributed by atoms with Gasteiger partial charge in [0.1, 0.15) is 10.6 Å². The van der Waals surface area contributed by atoms with Crippen molar-refractivity contribution in [1.82, 2.24) is 20.5 Å². The second-order valence-electron chi connectivity index (χ2n) is 4.41. The smallest absolute Gasteiger partial charge is 0.277 e. The fourth-order valence-corrected chi connectivity index (χ4v) is 2.85. The molecule has 1 aliphatic rings. The van der Waals surface area contributed by atoms with Crippen LogP contribution in [0.25, 0.3) is 0 Å². The van der Waals surface area contributed by atoms with E-state index in [0.29, 0.717) is 28.7 Å². The number of carbonyl (C=O) groups is 2. The van der Waals surface area contributed by atoms with Gasteiger partial charge in [0.25, 0.3) is 17.4 Å². The van der Waals surface area contributed by atoms with E-state index in [2.05, 4.69) is 25.8 Å². The Labute approximate surface area is 122 Å². The first-order chi connectivity index (χ1) is 10.1. The van der Waals surface area contributed by atoms with Crippen LogP contribution in [0.2, 0.25) is 0 Å². The van der Waals surface area contributed by atoms with Gasteiger partial charge in [-0.2, -0.15) is 5.10 Å². The lowest BCUT2D eigenvalue weighted by molar-refractivity contribution is 0.0958. The number of anilines is 1. The summed E-state index contributed by atoms with van der Waals surface area (Å²) in [4.78, 5) is 39.5. The van der Waals surface area contributed by atoms with Crippen LogP contribution in [0.5, 0.6) is 0 Å². The first-order valence-electron chi connectivity index (χ1n) is 6.28. The molecule has 3 heterocycles. The zero-order valence-corrected chi connectivity index (χ0v) is 11.6. The molecule has 0 saturated carbocycles. The number of amides is 2. The van der Waals surface area contributed by atoms with E-state index in [-0.39, 0.29) is 17.2 Å². The van der Waals surface area contributed by atoms with E-state index < -0.39 is 5.91 Å². The maximum atomic E-state index is 12.0. The fraction of sp³-hybridized carbons (Fsp3) is 0.250. The van der Waals surface area contributed by atoms with Crippen LogP contribution in [0.3, 0.4) is 0 Å². The molecular formula is C12H11N5O3S. The highest BCUT2D eigenvalue weighted by Gasteiger charge is 2.21. The number of aromatic nitrogens is 3. The average molecular weight is 305 g/mol. The minimum Gasteiger partial charge on any atom is -0.351 e. The predicted octanol–water partition coefficient (Wildman–Crippen LogP) is 0.155. The summed E-state index contributed by atoms with van der Waals surface area (Å²) in [6, 6.07) is 2.53. The highest BCUT2D eigenvalue weighted by Crippen LogP contribution is 2.25. The van der Waals surface area contributed by atoms with Crippen LogP contribution >= 0.6 is 11.3 Å². The first kappa shape index (κ1) is 13.4. The van der Waals surface area contributed by atoms with E-state index in [0.717, 1.165) is 17.8 Å². The van der Waals surface area contributed by atoms with Crippen LogP contribution in [-0.2, 0) is 6.42 Å². The summed E-state index contributed by atoms with van der Waals surface area (Å²) in [7, 11) is 0. The number of nitrogens with one attached hydrogen (secondary N) is 3. The minimum absolute atomic E-state index is 0.0736. The molecule has 0 saturated heterocycles. The Kier molecular flexibility index (Phi) is 3.48. The van der Waals surface area contributed by atoms with E-state index in [9.17, 15) is 14.4 Å². The molecule has 21 heavy (non-hydrogen) atoms. The molecule has 0 unspecified atom stereocenters. The molecular weight excluding hydrogens is 294 g/mol. The van der Waals surface area contributed by atoms with Gasteiger partial charge < -0.3 is 5.32 Å². The third-order valence-electron chi connectivity index (χ3n) is 2.91. The number of aryl methyl sites for hydroxylation is 1. The average Bonchev–Trinajstić information content (AvgIpc) is 2.79. The monoisotopic (exact) mass is 305 g/mol. The van der Waals surface area contributed by atoms with Crippen molar-refractivity contribution >= 4 is 28.3 Å². The summed E-state index contributed by atoms with van der Waals surface area (Å²) >= 11 is 1.13. The lowest BCUT2D eigenvalue weighted by atomic mass is 10.2. The number of fused-ring (bicyclic) bond motifs is 1. The van der Waals surface area contributed by atoms with E-state index in [1.807, 2.05) is 0 Å². The Bertz CT molecular complexity index is 746. The van der Waals surface area contributed by atoms with Gasteiger partial charge in [-0.3, -0.25) is 19.7 Å². The molecule has 1 aliphatic heterocycles. The van der Waals surface area contributed by atoms with Crippen molar-refractivity contribution < 1.29 is 9.59 Å². The van der Waals surface area contributed by atoms with E-state index in [4.69, 9.17) is 0 Å². The molecule has 0 atom stereocenters. The van der Waals surface area contributed by atoms with Crippen molar-refractivity contribution in [2.24, 2.45) is 0 Å². The molecule has 0 fully saturated rings. The van der Waals surface area contributed by atoms with Crippen molar-refractivity contribution in [3.05, 3.63) is 38.8 Å². The molecule has 2 aromatic rings. The lowest BCUT2D eigenvalue weighted by Gasteiger charge is -2.00. The second-order valence-corrected chi connectivity index (χ2v) is 5.41. The molecule has 0 aliphatic carbocycles. The standard InChI is InChI=1S/C12H11N5O3S/c18-8-4-3-7(16-17-8)10(19)15-12-14-6-2-1-5-13-11(20)9(6)21-12/h3-4H,1-2,5H2,(H,13,20)(H,17,18)(H,14,15,19). The topological polar surface area (TPSA) is 117 Å². The molecule has 3 rings (SSSR count). The van der Waals surface area contributed by atoms with Crippen molar-refractivity contribution in [2.45, 2.75) is 12.8 Å². The highest BCUT2D eigenvalue weighted by molar-refractivity contribution is 7.17. The Morgan fingerprint density at radius 1 is 1.33 bits per heavy atom. The van der Waals surface area contributed by atoms with E-state index >= 15 is 0 Å². The van der Waals surface area contributed by atoms with Crippen LogP contribution < -0.4 is 16.2 Å². The molecule has 2 amide bonds. The molecule has 0 bridgehead atoms.